The van der Waals surface area contributed by atoms with Crippen LogP contribution in [-0.4, -0.2) is 37.4 Å². The van der Waals surface area contributed by atoms with Crippen LogP contribution in [-0.2, 0) is 18.4 Å². The summed E-state index contributed by atoms with van der Waals surface area (Å²) in [4.78, 5) is 14.2. The minimum absolute atomic E-state index is 0.0153. The van der Waals surface area contributed by atoms with Crippen molar-refractivity contribution in [3.63, 3.8) is 0 Å². The van der Waals surface area contributed by atoms with E-state index >= 15 is 0 Å². The molecule has 0 saturated heterocycles. The van der Waals surface area contributed by atoms with Gasteiger partial charge in [-0.2, -0.15) is 10.2 Å². The van der Waals surface area contributed by atoms with Gasteiger partial charge in [-0.25, -0.2) is 0 Å². The van der Waals surface area contributed by atoms with Crippen LogP contribution in [0.15, 0.2) is 12.3 Å². The lowest BCUT2D eigenvalue weighted by Gasteiger charge is -2.22. The van der Waals surface area contributed by atoms with Gasteiger partial charge in [-0.05, 0) is 26.8 Å². The molecule has 2 heterocycles. The number of aryl methyl sites for hydroxylation is 2. The van der Waals surface area contributed by atoms with E-state index < -0.39 is 6.04 Å². The fraction of sp³-hybridized carbons (Fsp3) is 0.500. The van der Waals surface area contributed by atoms with E-state index in [4.69, 9.17) is 11.6 Å². The first-order chi connectivity index (χ1) is 9.82. The summed E-state index contributed by atoms with van der Waals surface area (Å²) < 4.78 is 3.44. The SMILES string of the molecule is Cc1nn(C(C)C(=O)N(C)Cc2ccnn2C)c(C)c1Cl. The Hall–Kier alpha value is -1.82. The van der Waals surface area contributed by atoms with Gasteiger partial charge in [0.1, 0.15) is 6.04 Å². The van der Waals surface area contributed by atoms with Crippen LogP contribution in [0.3, 0.4) is 0 Å². The zero-order chi connectivity index (χ0) is 15.7. The molecule has 1 atom stereocenters. The fourth-order valence-electron chi connectivity index (χ4n) is 2.32. The van der Waals surface area contributed by atoms with Gasteiger partial charge in [0.2, 0.25) is 5.91 Å². The molecule has 0 N–H and O–H groups in total. The van der Waals surface area contributed by atoms with E-state index in [9.17, 15) is 4.79 Å². The van der Waals surface area contributed by atoms with E-state index in [0.29, 0.717) is 11.6 Å². The molecule has 21 heavy (non-hydrogen) atoms. The van der Waals surface area contributed by atoms with E-state index in [0.717, 1.165) is 17.1 Å². The molecule has 2 aromatic rings. The Balaban J connectivity index is 2.15. The molecule has 0 aromatic carbocycles. The van der Waals surface area contributed by atoms with Crippen molar-refractivity contribution in [2.45, 2.75) is 33.4 Å². The maximum Gasteiger partial charge on any atom is 0.247 e. The van der Waals surface area contributed by atoms with Crippen LogP contribution in [0.4, 0.5) is 0 Å². The number of carbonyl (C=O) groups excluding carboxylic acids is 1. The van der Waals surface area contributed by atoms with Crippen molar-refractivity contribution in [2.24, 2.45) is 7.05 Å². The van der Waals surface area contributed by atoms with E-state index in [-0.39, 0.29) is 5.91 Å². The molecule has 1 unspecified atom stereocenters. The molecular weight excluding hydrogens is 290 g/mol. The summed E-state index contributed by atoms with van der Waals surface area (Å²) >= 11 is 6.14. The summed E-state index contributed by atoms with van der Waals surface area (Å²) in [6.45, 7) is 6.04. The van der Waals surface area contributed by atoms with Gasteiger partial charge in [-0.1, -0.05) is 11.6 Å². The quantitative estimate of drug-likeness (QED) is 0.869. The van der Waals surface area contributed by atoms with Crippen LogP contribution in [0.25, 0.3) is 0 Å². The first-order valence-corrected chi connectivity index (χ1v) is 7.13. The van der Waals surface area contributed by atoms with E-state index in [1.54, 1.807) is 27.5 Å². The molecule has 0 aliphatic rings. The molecule has 2 rings (SSSR count). The first-order valence-electron chi connectivity index (χ1n) is 6.76. The van der Waals surface area contributed by atoms with Gasteiger partial charge >= 0.3 is 0 Å². The monoisotopic (exact) mass is 309 g/mol. The van der Waals surface area contributed by atoms with Crippen molar-refractivity contribution in [1.82, 2.24) is 24.5 Å². The van der Waals surface area contributed by atoms with Crippen molar-refractivity contribution in [3.05, 3.63) is 34.4 Å². The number of aromatic nitrogens is 4. The predicted molar refractivity (Wildman–Crippen MR) is 81.1 cm³/mol. The normalized spacial score (nSPS) is 12.5. The van der Waals surface area contributed by atoms with E-state index in [1.165, 1.54) is 0 Å². The zero-order valence-electron chi connectivity index (χ0n) is 13.0. The van der Waals surface area contributed by atoms with Crippen molar-refractivity contribution in [1.29, 1.82) is 0 Å². The molecule has 0 fully saturated rings. The highest BCUT2D eigenvalue weighted by molar-refractivity contribution is 6.31. The Morgan fingerprint density at radius 3 is 2.62 bits per heavy atom. The van der Waals surface area contributed by atoms with Gasteiger partial charge in [0.05, 0.1) is 28.6 Å². The Labute approximate surface area is 129 Å². The number of rotatable bonds is 4. The van der Waals surface area contributed by atoms with E-state index in [2.05, 4.69) is 10.2 Å². The van der Waals surface area contributed by atoms with Crippen molar-refractivity contribution in [2.75, 3.05) is 7.05 Å². The highest BCUT2D eigenvalue weighted by Crippen LogP contribution is 2.23. The molecule has 0 spiro atoms. The molecule has 114 valence electrons. The second kappa shape index (κ2) is 5.89. The maximum atomic E-state index is 12.5. The minimum Gasteiger partial charge on any atom is -0.338 e. The Bertz CT molecular complexity index is 660. The number of carbonyl (C=O) groups is 1. The van der Waals surface area contributed by atoms with Gasteiger partial charge in [-0.3, -0.25) is 14.2 Å². The second-order valence-corrected chi connectivity index (χ2v) is 5.62. The van der Waals surface area contributed by atoms with Crippen LogP contribution < -0.4 is 0 Å². The third-order valence-electron chi connectivity index (χ3n) is 3.66. The average Bonchev–Trinajstić information content (AvgIpc) is 2.96. The molecule has 0 bridgehead atoms. The highest BCUT2D eigenvalue weighted by Gasteiger charge is 2.23. The molecule has 6 nitrogen and oxygen atoms in total. The summed E-state index contributed by atoms with van der Waals surface area (Å²) in [5.41, 5.74) is 2.52. The van der Waals surface area contributed by atoms with E-state index in [1.807, 2.05) is 33.9 Å². The van der Waals surface area contributed by atoms with Crippen LogP contribution >= 0.6 is 11.6 Å². The average molecular weight is 310 g/mol. The summed E-state index contributed by atoms with van der Waals surface area (Å²) in [5, 5.41) is 9.07. The third kappa shape index (κ3) is 2.95. The van der Waals surface area contributed by atoms with Crippen LogP contribution in [0.1, 0.15) is 30.0 Å². The molecule has 0 saturated carbocycles. The third-order valence-corrected chi connectivity index (χ3v) is 4.21. The number of hydrogen-bond donors (Lipinski definition) is 0. The zero-order valence-corrected chi connectivity index (χ0v) is 13.7. The fourth-order valence-corrected chi connectivity index (χ4v) is 2.45. The Kier molecular flexibility index (Phi) is 4.37. The summed E-state index contributed by atoms with van der Waals surface area (Å²) in [7, 11) is 3.64. The Morgan fingerprint density at radius 1 is 1.48 bits per heavy atom. The van der Waals surface area contributed by atoms with Crippen molar-refractivity contribution in [3.8, 4) is 0 Å². The van der Waals surface area contributed by atoms with Crippen LogP contribution in [0, 0.1) is 13.8 Å². The topological polar surface area (TPSA) is 56.0 Å². The van der Waals surface area contributed by atoms with Gasteiger partial charge in [-0.15, -0.1) is 0 Å². The highest BCUT2D eigenvalue weighted by atomic mass is 35.5. The second-order valence-electron chi connectivity index (χ2n) is 5.25. The summed E-state index contributed by atoms with van der Waals surface area (Å²) in [5.74, 6) is -0.0153. The van der Waals surface area contributed by atoms with Crippen LogP contribution in [0.2, 0.25) is 5.02 Å². The number of nitrogens with zero attached hydrogens (tertiary/aromatic N) is 5. The molecule has 1 amide bonds. The van der Waals surface area contributed by atoms with Crippen molar-refractivity contribution < 1.29 is 4.79 Å². The van der Waals surface area contributed by atoms with Crippen LogP contribution in [0.5, 0.6) is 0 Å². The van der Waals surface area contributed by atoms with Gasteiger partial charge in [0, 0.05) is 20.3 Å². The van der Waals surface area contributed by atoms with Crippen molar-refractivity contribution >= 4 is 17.5 Å². The number of halogens is 1. The van der Waals surface area contributed by atoms with Gasteiger partial charge < -0.3 is 4.90 Å². The largest absolute Gasteiger partial charge is 0.338 e. The summed E-state index contributed by atoms with van der Waals surface area (Å²) in [6.07, 6.45) is 1.72. The molecular formula is C14H20ClN5O. The van der Waals surface area contributed by atoms with Gasteiger partial charge in [0.25, 0.3) is 0 Å². The smallest absolute Gasteiger partial charge is 0.247 e. The number of amides is 1. The Morgan fingerprint density at radius 2 is 2.14 bits per heavy atom. The standard InChI is InChI=1S/C14H20ClN5O/c1-9-13(15)10(2)20(17-9)11(3)14(21)18(4)8-12-6-7-16-19(12)5/h6-7,11H,8H2,1-5H3. The molecule has 2 aromatic heterocycles. The number of likely N-dealkylation sites (N-methyl/N-ethyl adjacent to an activating group) is 1. The molecule has 0 aliphatic heterocycles. The lowest BCUT2D eigenvalue weighted by Crippen LogP contribution is -2.34. The molecule has 0 radical (unpaired) electrons. The lowest BCUT2D eigenvalue weighted by molar-refractivity contribution is -0.133. The number of hydrogen-bond acceptors (Lipinski definition) is 3. The van der Waals surface area contributed by atoms with Gasteiger partial charge in [0.15, 0.2) is 0 Å². The minimum atomic E-state index is -0.394. The molecule has 0 aliphatic carbocycles. The lowest BCUT2D eigenvalue weighted by atomic mass is 10.2. The maximum absolute atomic E-state index is 12.5. The molecule has 7 heteroatoms. The first kappa shape index (κ1) is 15.6. The predicted octanol–water partition coefficient (Wildman–Crippen LogP) is 2.11. The summed E-state index contributed by atoms with van der Waals surface area (Å²) in [6, 6.07) is 1.50.